The monoisotopic (exact) mass is 420 g/mol. The minimum atomic E-state index is -0.377. The summed E-state index contributed by atoms with van der Waals surface area (Å²) in [5, 5.41) is 3.57. The molecule has 8 heteroatoms. The van der Waals surface area contributed by atoms with Crippen LogP contribution in [0, 0.1) is 0 Å². The van der Waals surface area contributed by atoms with Crippen LogP contribution in [0.25, 0.3) is 12.2 Å². The summed E-state index contributed by atoms with van der Waals surface area (Å²) in [4.78, 5) is 27.0. The number of halogens is 2. The number of hydrogen-bond acceptors (Lipinski definition) is 4. The molecule has 3 aromatic rings. The van der Waals surface area contributed by atoms with Crippen molar-refractivity contribution in [3.63, 3.8) is 0 Å². The number of aromatic amines is 1. The first-order chi connectivity index (χ1) is 13.0. The van der Waals surface area contributed by atoms with Crippen LogP contribution >= 0.6 is 34.5 Å². The van der Waals surface area contributed by atoms with Crippen molar-refractivity contribution in [1.29, 1.82) is 0 Å². The van der Waals surface area contributed by atoms with Gasteiger partial charge in [0.25, 0.3) is 11.5 Å². The lowest BCUT2D eigenvalue weighted by atomic mass is 10.2. The molecule has 5 nitrogen and oxygen atoms in total. The molecular weight excluding hydrogens is 407 g/mol. The van der Waals surface area contributed by atoms with E-state index in [0.717, 1.165) is 5.56 Å². The summed E-state index contributed by atoms with van der Waals surface area (Å²) in [7, 11) is 1.52. The van der Waals surface area contributed by atoms with Crippen molar-refractivity contribution in [2.75, 3.05) is 12.4 Å². The number of ether oxygens (including phenoxy) is 1. The summed E-state index contributed by atoms with van der Waals surface area (Å²) in [6.07, 6.45) is 3.01. The van der Waals surface area contributed by atoms with Gasteiger partial charge in [-0.3, -0.25) is 9.59 Å². The Morgan fingerprint density at radius 1 is 1.19 bits per heavy atom. The molecule has 0 unspecified atom stereocenters. The van der Waals surface area contributed by atoms with Crippen LogP contribution in [0.4, 0.5) is 5.69 Å². The number of carbonyl (C=O) groups is 1. The molecule has 0 aliphatic carbocycles. The van der Waals surface area contributed by atoms with E-state index in [4.69, 9.17) is 27.9 Å². The first-order valence-electron chi connectivity index (χ1n) is 7.78. The summed E-state index contributed by atoms with van der Waals surface area (Å²) in [6, 6.07) is 12.1. The number of carbonyl (C=O) groups excluding carboxylic acids is 1. The summed E-state index contributed by atoms with van der Waals surface area (Å²) < 4.78 is 6.07. The highest BCUT2D eigenvalue weighted by molar-refractivity contribution is 7.07. The second-order valence-corrected chi connectivity index (χ2v) is 7.33. The van der Waals surface area contributed by atoms with E-state index in [0.29, 0.717) is 30.7 Å². The molecule has 0 radical (unpaired) electrons. The quantitative estimate of drug-likeness (QED) is 0.681. The predicted molar refractivity (Wildman–Crippen MR) is 110 cm³/mol. The third-order valence-corrected chi connectivity index (χ3v) is 5.25. The fourth-order valence-corrected chi connectivity index (χ4v) is 3.51. The second kappa shape index (κ2) is 8.43. The lowest BCUT2D eigenvalue weighted by Crippen LogP contribution is -2.20. The van der Waals surface area contributed by atoms with Crippen molar-refractivity contribution in [3.05, 3.63) is 77.6 Å². The van der Waals surface area contributed by atoms with Crippen molar-refractivity contribution >= 4 is 58.3 Å². The number of methoxy groups -OCH3 is 1. The summed E-state index contributed by atoms with van der Waals surface area (Å²) in [5.74, 6) is 0.172. The molecule has 1 aromatic heterocycles. The van der Waals surface area contributed by atoms with Gasteiger partial charge in [0.15, 0.2) is 0 Å². The first-order valence-corrected chi connectivity index (χ1v) is 9.35. The molecule has 3 rings (SSSR count). The van der Waals surface area contributed by atoms with Crippen molar-refractivity contribution in [3.8, 4) is 5.75 Å². The number of rotatable bonds is 4. The molecule has 0 aliphatic rings. The van der Waals surface area contributed by atoms with Gasteiger partial charge in [-0.15, -0.1) is 11.3 Å². The Hall–Kier alpha value is -2.54. The molecule has 27 heavy (non-hydrogen) atoms. The molecule has 0 spiro atoms. The average molecular weight is 421 g/mol. The van der Waals surface area contributed by atoms with Crippen LogP contribution in [-0.2, 0) is 4.79 Å². The van der Waals surface area contributed by atoms with Crippen LogP contribution in [0.2, 0.25) is 10.0 Å². The van der Waals surface area contributed by atoms with Crippen LogP contribution in [0.1, 0.15) is 5.56 Å². The van der Waals surface area contributed by atoms with E-state index in [1.807, 2.05) is 0 Å². The normalized spacial score (nSPS) is 12.3. The molecule has 2 N–H and O–H groups in total. The van der Waals surface area contributed by atoms with Gasteiger partial charge in [0.1, 0.15) is 10.4 Å². The van der Waals surface area contributed by atoms with Crippen molar-refractivity contribution in [2.45, 2.75) is 0 Å². The standard InChI is InChI=1S/C19H14Cl2N2O3S/c1-26-15-5-3-2-4-14(15)22-17(24)10-18-23-19(25)16(27-18)9-11-6-7-12(20)13(21)8-11/h2-10H,1H3,(H,22,24)(H,23,25)/b16-9-,18-10-. The van der Waals surface area contributed by atoms with Gasteiger partial charge >= 0.3 is 0 Å². The Morgan fingerprint density at radius 2 is 1.96 bits per heavy atom. The van der Waals surface area contributed by atoms with Gasteiger partial charge in [-0.25, -0.2) is 0 Å². The Morgan fingerprint density at radius 3 is 2.70 bits per heavy atom. The summed E-state index contributed by atoms with van der Waals surface area (Å²) in [5.41, 5.74) is 0.993. The zero-order chi connectivity index (χ0) is 19.4. The van der Waals surface area contributed by atoms with E-state index in [1.54, 1.807) is 48.5 Å². The smallest absolute Gasteiger partial charge is 0.266 e. The molecule has 138 valence electrons. The number of amides is 1. The Balaban J connectivity index is 1.89. The number of aromatic nitrogens is 1. The van der Waals surface area contributed by atoms with Gasteiger partial charge in [-0.2, -0.15) is 0 Å². The third kappa shape index (κ3) is 4.80. The minimum absolute atomic E-state index is 0.289. The highest BCUT2D eigenvalue weighted by atomic mass is 35.5. The molecular formula is C19H14Cl2N2O3S. The van der Waals surface area contributed by atoms with E-state index in [-0.39, 0.29) is 11.5 Å². The summed E-state index contributed by atoms with van der Waals surface area (Å²) >= 11 is 13.1. The van der Waals surface area contributed by atoms with Gasteiger partial charge in [0.05, 0.1) is 27.4 Å². The highest BCUT2D eigenvalue weighted by Crippen LogP contribution is 2.23. The SMILES string of the molecule is COc1ccccc1NC(=O)/C=c1/[nH]c(=O)/c(=C/c2ccc(Cl)c(Cl)c2)s1. The molecule has 0 saturated heterocycles. The van der Waals surface area contributed by atoms with Crippen molar-refractivity contribution < 1.29 is 9.53 Å². The van der Waals surface area contributed by atoms with Crippen molar-refractivity contribution in [2.24, 2.45) is 0 Å². The lowest BCUT2D eigenvalue weighted by Gasteiger charge is -2.07. The third-order valence-electron chi connectivity index (χ3n) is 3.55. The maximum atomic E-state index is 12.2. The molecule has 1 amide bonds. The zero-order valence-electron chi connectivity index (χ0n) is 14.1. The van der Waals surface area contributed by atoms with Crippen LogP contribution in [-0.4, -0.2) is 18.0 Å². The lowest BCUT2D eigenvalue weighted by molar-refractivity contribution is -0.110. The maximum absolute atomic E-state index is 12.2. The first kappa shape index (κ1) is 19.2. The largest absolute Gasteiger partial charge is 0.495 e. The predicted octanol–water partition coefficient (Wildman–Crippen LogP) is 3.00. The van der Waals surface area contributed by atoms with Gasteiger partial charge in [0, 0.05) is 6.08 Å². The summed E-state index contributed by atoms with van der Waals surface area (Å²) in [6.45, 7) is 0. The number of benzene rings is 2. The maximum Gasteiger partial charge on any atom is 0.266 e. The molecule has 0 atom stereocenters. The van der Waals surface area contributed by atoms with E-state index < -0.39 is 0 Å². The minimum Gasteiger partial charge on any atom is -0.495 e. The number of anilines is 1. The number of para-hydroxylation sites is 2. The van der Waals surface area contributed by atoms with Crippen LogP contribution < -0.4 is 24.8 Å². The fourth-order valence-electron chi connectivity index (χ4n) is 2.31. The average Bonchev–Trinajstić information content (AvgIpc) is 2.97. The topological polar surface area (TPSA) is 71.2 Å². The van der Waals surface area contributed by atoms with Crippen LogP contribution in [0.5, 0.6) is 5.75 Å². The Labute approximate surface area is 168 Å². The number of nitrogens with one attached hydrogen (secondary N) is 2. The Bertz CT molecular complexity index is 1170. The van der Waals surface area contributed by atoms with E-state index in [2.05, 4.69) is 10.3 Å². The molecule has 1 heterocycles. The van der Waals surface area contributed by atoms with Crippen LogP contribution in [0.15, 0.2) is 47.3 Å². The molecule has 0 saturated carbocycles. The van der Waals surface area contributed by atoms with Gasteiger partial charge in [0.2, 0.25) is 0 Å². The van der Waals surface area contributed by atoms with Gasteiger partial charge in [-0.05, 0) is 35.9 Å². The number of hydrogen-bond donors (Lipinski definition) is 2. The molecule has 2 aromatic carbocycles. The fraction of sp³-hybridized carbons (Fsp3) is 0.0526. The molecule has 0 bridgehead atoms. The molecule has 0 fully saturated rings. The van der Waals surface area contributed by atoms with Crippen LogP contribution in [0.3, 0.4) is 0 Å². The second-order valence-electron chi connectivity index (χ2n) is 5.44. The van der Waals surface area contributed by atoms with Gasteiger partial charge < -0.3 is 15.0 Å². The van der Waals surface area contributed by atoms with Gasteiger partial charge in [-0.1, -0.05) is 41.4 Å². The zero-order valence-corrected chi connectivity index (χ0v) is 16.4. The van der Waals surface area contributed by atoms with Crippen molar-refractivity contribution in [1.82, 2.24) is 4.98 Å². The molecule has 0 aliphatic heterocycles. The van der Waals surface area contributed by atoms with E-state index in [1.165, 1.54) is 24.5 Å². The highest BCUT2D eigenvalue weighted by Gasteiger charge is 2.05. The Kier molecular flexibility index (Phi) is 6.01. The number of H-pyrrole nitrogens is 1. The van der Waals surface area contributed by atoms with E-state index >= 15 is 0 Å². The van der Waals surface area contributed by atoms with E-state index in [9.17, 15) is 9.59 Å². The number of thiazole rings is 1.